The third kappa shape index (κ3) is 13.9. The predicted molar refractivity (Wildman–Crippen MR) is 203 cm³/mol. The van der Waals surface area contributed by atoms with E-state index in [0.29, 0.717) is 43.1 Å². The van der Waals surface area contributed by atoms with Crippen LogP contribution in [0, 0.1) is 11.1 Å². The maximum atomic E-state index is 14.0. The lowest BCUT2D eigenvalue weighted by atomic mass is 10.0. The van der Waals surface area contributed by atoms with Crippen molar-refractivity contribution in [1.82, 2.24) is 9.21 Å². The lowest BCUT2D eigenvalue weighted by molar-refractivity contribution is -0.605. The largest absolute Gasteiger partial charge is 0.760 e. The van der Waals surface area contributed by atoms with Crippen LogP contribution >= 0.6 is 23.2 Å². The summed E-state index contributed by atoms with van der Waals surface area (Å²) in [5.74, 6) is -1.36. The van der Waals surface area contributed by atoms with Gasteiger partial charge < -0.3 is 38.2 Å². The number of pyridine rings is 1. The standard InChI is InChI=1S/C38H45Cl2F2N3O11S/c1-38(2,3)56-35(46)22-45(57(49)50)19-27-16-26(7-8-31(27)52-15-12-43-10-13-51-14-11-43)36(47)54-33(18-28-29(39)20-44(48)21-30(28)40)25-6-9-32(55-37(41)42)34(17-25)53-23-24-4-5-24/h6-9,16-17,20-21,24,33,37H,4-5,10-15,18-19,22-23H2,1-3H3,(H,49,50)/p-1. The molecule has 0 amide bonds. The monoisotopic (exact) mass is 858 g/mol. The van der Waals surface area contributed by atoms with E-state index in [1.165, 1.54) is 36.4 Å². The molecule has 2 aromatic carbocycles. The van der Waals surface area contributed by atoms with E-state index in [1.807, 2.05) is 0 Å². The molecular weight excluding hydrogens is 815 g/mol. The molecule has 2 heterocycles. The molecule has 0 spiro atoms. The molecule has 0 N–H and O–H groups in total. The van der Waals surface area contributed by atoms with E-state index in [9.17, 15) is 32.3 Å². The van der Waals surface area contributed by atoms with Crippen LogP contribution in [-0.2, 0) is 43.2 Å². The molecule has 1 aromatic heterocycles. The molecule has 1 saturated carbocycles. The third-order valence-corrected chi connectivity index (χ3v) is 10.1. The minimum absolute atomic E-state index is 0.0000336. The highest BCUT2D eigenvalue weighted by molar-refractivity contribution is 7.76. The lowest BCUT2D eigenvalue weighted by Gasteiger charge is -2.28. The topological polar surface area (TPSA) is 163 Å². The van der Waals surface area contributed by atoms with E-state index < -0.39 is 48.1 Å². The number of hydrogen-bond donors (Lipinski definition) is 0. The highest BCUT2D eigenvalue weighted by Crippen LogP contribution is 2.38. The van der Waals surface area contributed by atoms with Gasteiger partial charge in [0.25, 0.3) is 0 Å². The Kier molecular flexibility index (Phi) is 15.7. The fourth-order valence-corrected chi connectivity index (χ4v) is 6.86. The first-order valence-corrected chi connectivity index (χ1v) is 19.9. The molecule has 1 aliphatic heterocycles. The number of nitrogens with zero attached hydrogens (tertiary/aromatic N) is 3. The molecule has 2 unspecified atom stereocenters. The van der Waals surface area contributed by atoms with Crippen molar-refractivity contribution < 1.29 is 60.3 Å². The highest BCUT2D eigenvalue weighted by atomic mass is 35.5. The van der Waals surface area contributed by atoms with Crippen LogP contribution in [-0.4, -0.2) is 94.7 Å². The minimum atomic E-state index is -3.13. The number of alkyl halides is 2. The van der Waals surface area contributed by atoms with Gasteiger partial charge in [-0.2, -0.15) is 13.5 Å². The molecule has 5 rings (SSSR count). The number of ether oxygens (including phenoxy) is 6. The summed E-state index contributed by atoms with van der Waals surface area (Å²) >= 11 is 9.94. The summed E-state index contributed by atoms with van der Waals surface area (Å²) in [5.41, 5.74) is -0.0809. The van der Waals surface area contributed by atoms with Crippen molar-refractivity contribution in [2.24, 2.45) is 5.92 Å². The normalized spacial score (nSPS) is 16.0. The van der Waals surface area contributed by atoms with E-state index in [-0.39, 0.29) is 76.1 Å². The first kappa shape index (κ1) is 44.3. The molecule has 14 nitrogen and oxygen atoms in total. The molecule has 1 saturated heterocycles. The van der Waals surface area contributed by atoms with E-state index >= 15 is 0 Å². The number of benzene rings is 2. The smallest absolute Gasteiger partial charge is 0.387 e. The zero-order chi connectivity index (χ0) is 41.3. The van der Waals surface area contributed by atoms with Crippen LogP contribution in [0.5, 0.6) is 17.2 Å². The van der Waals surface area contributed by atoms with Crippen LogP contribution in [0.1, 0.15) is 66.8 Å². The van der Waals surface area contributed by atoms with Crippen LogP contribution in [0.3, 0.4) is 0 Å². The number of aromatic nitrogens is 1. The Morgan fingerprint density at radius 2 is 1.72 bits per heavy atom. The fraction of sp³-hybridized carbons (Fsp3) is 0.500. The van der Waals surface area contributed by atoms with Gasteiger partial charge in [-0.25, -0.2) is 9.10 Å². The average molecular weight is 860 g/mol. The molecule has 3 aromatic rings. The van der Waals surface area contributed by atoms with Gasteiger partial charge in [0.05, 0.1) is 25.4 Å². The molecule has 57 heavy (non-hydrogen) atoms. The fourth-order valence-electron chi connectivity index (χ4n) is 5.81. The Morgan fingerprint density at radius 3 is 2.35 bits per heavy atom. The maximum absolute atomic E-state index is 14.0. The summed E-state index contributed by atoms with van der Waals surface area (Å²) in [5, 5.41) is 12.0. The minimum Gasteiger partial charge on any atom is -0.760 e. The van der Waals surface area contributed by atoms with Crippen molar-refractivity contribution in [2.75, 3.05) is 52.6 Å². The SMILES string of the molecule is CC(C)(C)OC(=O)CN(Cc1cc(C(=O)OC(Cc2c(Cl)c[n+]([O-])cc2Cl)c2ccc(OC(F)F)c(OCC3CC3)c2)ccc1OCCN1CCOCC1)S(=O)[O-]. The second kappa shape index (κ2) is 20.2. The summed E-state index contributed by atoms with van der Waals surface area (Å²) in [7, 11) is 0. The molecule has 2 fully saturated rings. The number of carbonyl (C=O) groups is 2. The summed E-state index contributed by atoms with van der Waals surface area (Å²) in [6.07, 6.45) is 2.69. The lowest BCUT2D eigenvalue weighted by Crippen LogP contribution is -2.38. The molecule has 312 valence electrons. The van der Waals surface area contributed by atoms with E-state index in [2.05, 4.69) is 4.90 Å². The van der Waals surface area contributed by atoms with Gasteiger partial charge in [-0.3, -0.25) is 13.9 Å². The number of rotatable bonds is 19. The van der Waals surface area contributed by atoms with Crippen molar-refractivity contribution in [3.8, 4) is 17.2 Å². The van der Waals surface area contributed by atoms with Crippen LogP contribution in [0.15, 0.2) is 48.8 Å². The van der Waals surface area contributed by atoms with Gasteiger partial charge in [0.1, 0.15) is 40.7 Å². The Hall–Kier alpha value is -3.84. The number of hydrogen-bond acceptors (Lipinski definition) is 12. The van der Waals surface area contributed by atoms with Crippen molar-refractivity contribution in [2.45, 2.75) is 64.9 Å². The molecule has 0 bridgehead atoms. The Bertz CT molecular complexity index is 1870. The summed E-state index contributed by atoms with van der Waals surface area (Å²) in [6.45, 7) is 4.48. The zero-order valence-corrected chi connectivity index (χ0v) is 33.9. The van der Waals surface area contributed by atoms with E-state index in [4.69, 9.17) is 51.6 Å². The van der Waals surface area contributed by atoms with Gasteiger partial charge in [0, 0.05) is 55.0 Å². The summed E-state index contributed by atoms with van der Waals surface area (Å²) in [6, 6.07) is 8.45. The highest BCUT2D eigenvalue weighted by Gasteiger charge is 2.28. The van der Waals surface area contributed by atoms with Crippen LogP contribution in [0.4, 0.5) is 8.78 Å². The Balaban J connectivity index is 1.46. The number of halogens is 4. The van der Waals surface area contributed by atoms with Gasteiger partial charge in [0.15, 0.2) is 23.9 Å². The summed E-state index contributed by atoms with van der Waals surface area (Å²) in [4.78, 5) is 28.8. The van der Waals surface area contributed by atoms with Crippen LogP contribution < -0.4 is 18.9 Å². The van der Waals surface area contributed by atoms with Crippen molar-refractivity contribution in [1.29, 1.82) is 0 Å². The zero-order valence-electron chi connectivity index (χ0n) is 31.6. The predicted octanol–water partition coefficient (Wildman–Crippen LogP) is 5.81. The molecule has 2 aliphatic rings. The van der Waals surface area contributed by atoms with Crippen molar-refractivity contribution in [3.63, 3.8) is 0 Å². The Morgan fingerprint density at radius 1 is 1.04 bits per heavy atom. The Labute approximate surface area is 341 Å². The third-order valence-electron chi connectivity index (χ3n) is 8.77. The van der Waals surface area contributed by atoms with Gasteiger partial charge in [-0.1, -0.05) is 29.3 Å². The second-order valence-corrected chi connectivity index (χ2v) is 16.2. The number of morpholine rings is 1. The van der Waals surface area contributed by atoms with Crippen molar-refractivity contribution in [3.05, 3.63) is 86.3 Å². The molecule has 19 heteroatoms. The molecule has 0 radical (unpaired) electrons. The maximum Gasteiger partial charge on any atom is 0.387 e. The summed E-state index contributed by atoms with van der Waals surface area (Å²) < 4.78 is 86.1. The van der Waals surface area contributed by atoms with Gasteiger partial charge >= 0.3 is 18.6 Å². The quantitative estimate of drug-likeness (QED) is 0.0617. The van der Waals surface area contributed by atoms with Gasteiger partial charge in [-0.15, -0.1) is 0 Å². The number of esters is 2. The van der Waals surface area contributed by atoms with E-state index in [0.717, 1.165) is 29.5 Å². The van der Waals surface area contributed by atoms with Crippen molar-refractivity contribution >= 4 is 46.4 Å². The average Bonchev–Trinajstić information content (AvgIpc) is 3.96. The first-order chi connectivity index (χ1) is 27.0. The van der Waals surface area contributed by atoms with Crippen LogP contribution in [0.25, 0.3) is 0 Å². The van der Waals surface area contributed by atoms with Gasteiger partial charge in [-0.05, 0) is 75.4 Å². The van der Waals surface area contributed by atoms with Gasteiger partial charge in [0.2, 0.25) is 0 Å². The van der Waals surface area contributed by atoms with E-state index in [1.54, 1.807) is 20.8 Å². The van der Waals surface area contributed by atoms with Crippen LogP contribution in [0.2, 0.25) is 10.0 Å². The second-order valence-electron chi connectivity index (χ2n) is 14.5. The molecule has 2 atom stereocenters. The molecular formula is C38H44Cl2F2N3O11S-. The first-order valence-electron chi connectivity index (χ1n) is 18.2. The number of carbonyl (C=O) groups excluding carboxylic acids is 2. The molecule has 1 aliphatic carbocycles.